The number of hydrogen-bond acceptors (Lipinski definition) is 7. The molecule has 0 saturated heterocycles. The summed E-state index contributed by atoms with van der Waals surface area (Å²) in [4.78, 5) is 13.1. The summed E-state index contributed by atoms with van der Waals surface area (Å²) in [6, 6.07) is 20.0. The zero-order valence-corrected chi connectivity index (χ0v) is 30.4. The van der Waals surface area contributed by atoms with Gasteiger partial charge in [-0.1, -0.05) is 18.2 Å². The fourth-order valence-electron chi connectivity index (χ4n) is 5.96. The Bertz CT molecular complexity index is 1180. The molecule has 3 rings (SSSR count). The number of nitrogens with zero attached hydrogens (tertiary/aromatic N) is 6. The van der Waals surface area contributed by atoms with E-state index in [9.17, 15) is 0 Å². The fraction of sp³-hybridized carbons (Fsp3) is 0.500. The van der Waals surface area contributed by atoms with Gasteiger partial charge in [-0.3, -0.25) is 0 Å². The highest BCUT2D eigenvalue weighted by atomic mass is 31.2. The molecule has 0 aromatic heterocycles. The Hall–Kier alpha value is -2.35. The van der Waals surface area contributed by atoms with E-state index in [-0.39, 0.29) is 0 Å². The maximum absolute atomic E-state index is 16.4. The van der Waals surface area contributed by atoms with E-state index >= 15 is 4.57 Å². The van der Waals surface area contributed by atoms with Crippen LogP contribution in [0.25, 0.3) is 0 Å². The van der Waals surface area contributed by atoms with E-state index in [0.717, 1.165) is 55.2 Å². The molecule has 0 aliphatic heterocycles. The van der Waals surface area contributed by atoms with Crippen molar-refractivity contribution in [3.8, 4) is 0 Å². The highest BCUT2D eigenvalue weighted by Gasteiger charge is 2.32. The van der Waals surface area contributed by atoms with Crippen LogP contribution in [0.2, 0.25) is 0 Å². The van der Waals surface area contributed by atoms with Crippen LogP contribution in [-0.2, 0) is 43.8 Å². The van der Waals surface area contributed by atoms with Gasteiger partial charge in [-0.05, 0) is 154 Å². The van der Waals surface area contributed by atoms with Crippen LogP contribution in [0.5, 0.6) is 0 Å². The van der Waals surface area contributed by atoms with E-state index in [2.05, 4.69) is 169 Å². The zero-order valence-electron chi connectivity index (χ0n) is 29.5. The van der Waals surface area contributed by atoms with Crippen molar-refractivity contribution in [3.63, 3.8) is 0 Å². The molecule has 7 nitrogen and oxygen atoms in total. The molecular weight excluding hydrogens is 563 g/mol. The second-order valence-electron chi connectivity index (χ2n) is 14.1. The molecule has 242 valence electrons. The molecule has 0 heterocycles. The first kappa shape index (κ1) is 36.1. The highest BCUT2D eigenvalue weighted by molar-refractivity contribution is 7.85. The van der Waals surface area contributed by atoms with Crippen LogP contribution < -0.4 is 15.9 Å². The molecule has 0 bridgehead atoms. The Balaban J connectivity index is 2.46. The molecule has 3 aromatic carbocycles. The summed E-state index contributed by atoms with van der Waals surface area (Å²) in [6.45, 7) is 4.71. The van der Waals surface area contributed by atoms with Crippen molar-refractivity contribution >= 4 is 23.1 Å². The van der Waals surface area contributed by atoms with Gasteiger partial charge >= 0.3 is 0 Å². The summed E-state index contributed by atoms with van der Waals surface area (Å²) in [6.07, 6.45) is 0. The van der Waals surface area contributed by atoms with E-state index in [1.54, 1.807) is 0 Å². The van der Waals surface area contributed by atoms with E-state index in [4.69, 9.17) is 0 Å². The van der Waals surface area contributed by atoms with Gasteiger partial charge in [0.05, 0.1) is 0 Å². The minimum absolute atomic E-state index is 0.785. The number of rotatable bonds is 15. The molecule has 0 atom stereocenters. The smallest absolute Gasteiger partial charge is 0.171 e. The maximum Gasteiger partial charge on any atom is 0.171 e. The van der Waals surface area contributed by atoms with Crippen molar-refractivity contribution in [2.45, 2.75) is 39.3 Å². The quantitative estimate of drug-likeness (QED) is 0.240. The Labute approximate surface area is 268 Å². The lowest BCUT2D eigenvalue weighted by Gasteiger charge is -2.26. The Morgan fingerprint density at radius 3 is 0.636 bits per heavy atom. The van der Waals surface area contributed by atoms with E-state index in [0.29, 0.717) is 0 Å². The summed E-state index contributed by atoms with van der Waals surface area (Å²) < 4.78 is 16.4. The third kappa shape index (κ3) is 10.3. The fourth-order valence-corrected chi connectivity index (χ4v) is 8.94. The molecule has 0 N–H and O–H groups in total. The Morgan fingerprint density at radius 1 is 0.341 bits per heavy atom. The molecular formula is C36H57N6OP. The van der Waals surface area contributed by atoms with E-state index in [1.165, 1.54) is 33.4 Å². The predicted molar refractivity (Wildman–Crippen MR) is 190 cm³/mol. The number of hydrogen-bond donors (Lipinski definition) is 0. The monoisotopic (exact) mass is 620 g/mol. The van der Waals surface area contributed by atoms with Gasteiger partial charge in [0.15, 0.2) is 7.14 Å². The first-order valence-corrected chi connectivity index (χ1v) is 17.1. The molecule has 0 amide bonds. The lowest BCUT2D eigenvalue weighted by Crippen LogP contribution is -2.29. The van der Waals surface area contributed by atoms with E-state index < -0.39 is 7.14 Å². The molecule has 0 aliphatic rings. The molecule has 0 saturated carbocycles. The second kappa shape index (κ2) is 15.8. The Kier molecular flexibility index (Phi) is 12.9. The number of benzene rings is 3. The van der Waals surface area contributed by atoms with Gasteiger partial charge < -0.3 is 34.0 Å². The van der Waals surface area contributed by atoms with Gasteiger partial charge in [-0.2, -0.15) is 0 Å². The summed E-state index contributed by atoms with van der Waals surface area (Å²) in [7, 11) is 21.8. The minimum Gasteiger partial charge on any atom is -0.309 e. The third-order valence-corrected chi connectivity index (χ3v) is 10.2. The molecule has 0 spiro atoms. The molecule has 0 aliphatic carbocycles. The van der Waals surface area contributed by atoms with Crippen molar-refractivity contribution in [3.05, 3.63) is 88.0 Å². The van der Waals surface area contributed by atoms with Crippen LogP contribution in [0.1, 0.15) is 33.4 Å². The molecule has 0 fully saturated rings. The van der Waals surface area contributed by atoms with Gasteiger partial charge in [0.2, 0.25) is 0 Å². The van der Waals surface area contributed by atoms with E-state index in [1.807, 2.05) is 0 Å². The molecule has 0 radical (unpaired) electrons. The standard InChI is InChI=1S/C36H57N6OP/c1-37(2)22-28-13-29(23-38(3)4)17-34(16-28)44(43,35-18-30(24-39(5)6)14-31(19-35)25-40(7)8)36-20-32(26-41(9)10)15-33(21-36)27-42(11)12/h13-21H,22-27H2,1-12H3. The maximum atomic E-state index is 16.4. The molecule has 0 unspecified atom stereocenters. The van der Waals surface area contributed by atoms with Crippen molar-refractivity contribution in [2.75, 3.05) is 84.6 Å². The van der Waals surface area contributed by atoms with Gasteiger partial charge in [0.25, 0.3) is 0 Å². The van der Waals surface area contributed by atoms with Crippen LogP contribution in [0, 0.1) is 0 Å². The summed E-state index contributed by atoms with van der Waals surface area (Å²) in [5, 5.41) is 2.72. The predicted octanol–water partition coefficient (Wildman–Crippen LogP) is 3.70. The Morgan fingerprint density at radius 2 is 0.500 bits per heavy atom. The average Bonchev–Trinajstić information content (AvgIpc) is 2.85. The van der Waals surface area contributed by atoms with Crippen LogP contribution >= 0.6 is 7.14 Å². The molecule has 8 heteroatoms. The summed E-state index contributed by atoms with van der Waals surface area (Å²) >= 11 is 0. The van der Waals surface area contributed by atoms with Gasteiger partial charge in [0.1, 0.15) is 0 Å². The van der Waals surface area contributed by atoms with Crippen LogP contribution in [-0.4, -0.2) is 114 Å². The largest absolute Gasteiger partial charge is 0.309 e. The molecule has 3 aromatic rings. The lowest BCUT2D eigenvalue weighted by molar-refractivity contribution is 0.396. The summed E-state index contributed by atoms with van der Waals surface area (Å²) in [5.41, 5.74) is 7.09. The SMILES string of the molecule is CN(C)Cc1cc(CN(C)C)cc(P(=O)(c2cc(CN(C)C)cc(CN(C)C)c2)c2cc(CN(C)C)cc(CN(C)C)c2)c1. The zero-order chi connectivity index (χ0) is 32.8. The third-order valence-electron chi connectivity index (χ3n) is 7.20. The van der Waals surface area contributed by atoms with Crippen molar-refractivity contribution < 1.29 is 4.57 Å². The first-order valence-electron chi connectivity index (χ1n) is 15.4. The van der Waals surface area contributed by atoms with Crippen molar-refractivity contribution in [1.82, 2.24) is 29.4 Å². The highest BCUT2D eigenvalue weighted by Crippen LogP contribution is 2.44. The average molecular weight is 621 g/mol. The summed E-state index contributed by atoms with van der Waals surface area (Å²) in [5.74, 6) is 0. The minimum atomic E-state index is -3.31. The normalized spacial score (nSPS) is 12.6. The van der Waals surface area contributed by atoms with Gasteiger partial charge in [-0.25, -0.2) is 0 Å². The van der Waals surface area contributed by atoms with Crippen molar-refractivity contribution in [2.24, 2.45) is 0 Å². The van der Waals surface area contributed by atoms with Gasteiger partial charge in [0, 0.05) is 55.2 Å². The molecule has 44 heavy (non-hydrogen) atoms. The van der Waals surface area contributed by atoms with Crippen LogP contribution in [0.4, 0.5) is 0 Å². The van der Waals surface area contributed by atoms with Crippen molar-refractivity contribution in [1.29, 1.82) is 0 Å². The lowest BCUT2D eigenvalue weighted by atomic mass is 10.1. The second-order valence-corrected chi connectivity index (χ2v) is 16.8. The van der Waals surface area contributed by atoms with Crippen LogP contribution in [0.3, 0.4) is 0 Å². The van der Waals surface area contributed by atoms with Gasteiger partial charge in [-0.15, -0.1) is 0 Å². The topological polar surface area (TPSA) is 36.5 Å². The first-order chi connectivity index (χ1) is 20.5. The van der Waals surface area contributed by atoms with Crippen LogP contribution in [0.15, 0.2) is 54.6 Å².